The van der Waals surface area contributed by atoms with Crippen LogP contribution in [0.4, 0.5) is 4.79 Å². The SMILES string of the molecule is O=C1NC[C@H](C(=O)N2CCC3(c4ccccc4)C(C2)C3(Cl)Cl)CCCO1. The second-order valence-corrected chi connectivity index (χ2v) is 8.79. The highest BCUT2D eigenvalue weighted by Crippen LogP contribution is 2.72. The van der Waals surface area contributed by atoms with Gasteiger partial charge in [-0.05, 0) is 24.8 Å². The minimum absolute atomic E-state index is 0.0323. The van der Waals surface area contributed by atoms with Gasteiger partial charge >= 0.3 is 6.09 Å². The first-order valence-electron chi connectivity index (χ1n) is 9.09. The Morgan fingerprint density at radius 1 is 1.27 bits per heavy atom. The molecule has 26 heavy (non-hydrogen) atoms. The predicted octanol–water partition coefficient (Wildman–Crippen LogP) is 3.10. The molecular weight excluding hydrogens is 375 g/mol. The number of ether oxygens (including phenoxy) is 1. The highest BCUT2D eigenvalue weighted by molar-refractivity contribution is 6.52. The van der Waals surface area contributed by atoms with Crippen LogP contribution < -0.4 is 5.32 Å². The van der Waals surface area contributed by atoms with Crippen molar-refractivity contribution in [1.29, 1.82) is 0 Å². The van der Waals surface area contributed by atoms with E-state index in [4.69, 9.17) is 27.9 Å². The van der Waals surface area contributed by atoms with E-state index in [1.165, 1.54) is 0 Å². The number of amides is 2. The van der Waals surface area contributed by atoms with E-state index in [1.54, 1.807) is 0 Å². The van der Waals surface area contributed by atoms with Crippen LogP contribution in [0, 0.1) is 11.8 Å². The monoisotopic (exact) mass is 396 g/mol. The van der Waals surface area contributed by atoms with Gasteiger partial charge in [0.25, 0.3) is 0 Å². The van der Waals surface area contributed by atoms with Crippen molar-refractivity contribution >= 4 is 35.2 Å². The maximum atomic E-state index is 13.0. The molecule has 0 bridgehead atoms. The van der Waals surface area contributed by atoms with E-state index in [0.717, 1.165) is 12.0 Å². The molecule has 1 aromatic rings. The van der Waals surface area contributed by atoms with E-state index >= 15 is 0 Å². The van der Waals surface area contributed by atoms with Crippen molar-refractivity contribution in [2.75, 3.05) is 26.2 Å². The number of piperidine rings is 1. The number of likely N-dealkylation sites (tertiary alicyclic amines) is 1. The summed E-state index contributed by atoms with van der Waals surface area (Å²) in [5, 5.41) is 2.67. The van der Waals surface area contributed by atoms with Gasteiger partial charge in [-0.1, -0.05) is 30.3 Å². The van der Waals surface area contributed by atoms with Crippen molar-refractivity contribution in [2.24, 2.45) is 11.8 Å². The third-order valence-electron chi connectivity index (χ3n) is 6.10. The van der Waals surface area contributed by atoms with Gasteiger partial charge in [0.05, 0.1) is 12.5 Å². The Bertz CT molecular complexity index is 712. The van der Waals surface area contributed by atoms with Crippen LogP contribution in [0.5, 0.6) is 0 Å². The number of carbonyl (C=O) groups is 2. The van der Waals surface area contributed by atoms with Crippen LogP contribution in [0.3, 0.4) is 0 Å². The second-order valence-electron chi connectivity index (χ2n) is 7.40. The van der Waals surface area contributed by atoms with Gasteiger partial charge in [0, 0.05) is 31.0 Å². The molecule has 2 amide bonds. The Labute approximate surface area is 163 Å². The first-order chi connectivity index (χ1) is 12.5. The summed E-state index contributed by atoms with van der Waals surface area (Å²) in [6.07, 6.45) is 1.70. The third kappa shape index (κ3) is 2.76. The summed E-state index contributed by atoms with van der Waals surface area (Å²) in [5.41, 5.74) is 0.884. The molecule has 5 nitrogen and oxygen atoms in total. The fourth-order valence-corrected chi connectivity index (χ4v) is 5.64. The summed E-state index contributed by atoms with van der Waals surface area (Å²) in [5.74, 6) is -0.110. The molecule has 1 saturated carbocycles. The molecule has 2 heterocycles. The standard InChI is InChI=1S/C19H22Cl2N2O3/c20-19(21)15-12-23(9-8-18(15,19)14-6-2-1-3-7-14)16(24)13-5-4-10-26-17(25)22-11-13/h1-3,6-7,13,15H,4-5,8-12H2,(H,22,25)/t13-,15?,18?/m1/s1. The fourth-order valence-electron chi connectivity index (χ4n) is 4.56. The molecule has 7 heteroatoms. The average Bonchev–Trinajstić information content (AvgIpc) is 3.15. The Morgan fingerprint density at radius 2 is 2.04 bits per heavy atom. The molecule has 1 N–H and O–H groups in total. The first-order valence-corrected chi connectivity index (χ1v) is 9.85. The van der Waals surface area contributed by atoms with E-state index in [1.807, 2.05) is 23.1 Å². The molecule has 3 aliphatic rings. The minimum Gasteiger partial charge on any atom is -0.450 e. The summed E-state index contributed by atoms with van der Waals surface area (Å²) in [6, 6.07) is 10.1. The van der Waals surface area contributed by atoms with Crippen LogP contribution in [-0.4, -0.2) is 47.5 Å². The maximum Gasteiger partial charge on any atom is 0.407 e. The Morgan fingerprint density at radius 3 is 2.77 bits per heavy atom. The predicted molar refractivity (Wildman–Crippen MR) is 99.3 cm³/mol. The molecule has 2 aliphatic heterocycles. The third-order valence-corrected chi connectivity index (χ3v) is 7.30. The molecule has 140 valence electrons. The van der Waals surface area contributed by atoms with Gasteiger partial charge in [-0.15, -0.1) is 23.2 Å². The molecule has 0 radical (unpaired) electrons. The van der Waals surface area contributed by atoms with Crippen LogP contribution in [0.15, 0.2) is 30.3 Å². The molecule has 3 fully saturated rings. The summed E-state index contributed by atoms with van der Waals surface area (Å²) in [6.45, 7) is 1.85. The largest absolute Gasteiger partial charge is 0.450 e. The Kier molecular flexibility index (Phi) is 4.56. The zero-order valence-electron chi connectivity index (χ0n) is 14.4. The number of cyclic esters (lactones) is 1. The Balaban J connectivity index is 1.47. The average molecular weight is 397 g/mol. The van der Waals surface area contributed by atoms with Gasteiger partial charge in [-0.2, -0.15) is 0 Å². The number of hydrogen-bond acceptors (Lipinski definition) is 3. The van der Waals surface area contributed by atoms with E-state index < -0.39 is 10.4 Å². The smallest absolute Gasteiger partial charge is 0.407 e. The highest BCUT2D eigenvalue weighted by atomic mass is 35.5. The van der Waals surface area contributed by atoms with Crippen molar-refractivity contribution in [3.8, 4) is 0 Å². The van der Waals surface area contributed by atoms with Crippen molar-refractivity contribution in [3.05, 3.63) is 35.9 Å². The number of nitrogens with one attached hydrogen (secondary N) is 1. The zero-order valence-corrected chi connectivity index (χ0v) is 15.9. The number of benzene rings is 1. The highest BCUT2D eigenvalue weighted by Gasteiger charge is 2.77. The molecule has 0 spiro atoms. The summed E-state index contributed by atoms with van der Waals surface area (Å²) in [4.78, 5) is 26.3. The lowest BCUT2D eigenvalue weighted by Crippen LogP contribution is -2.46. The topological polar surface area (TPSA) is 58.6 Å². The van der Waals surface area contributed by atoms with Gasteiger partial charge in [0.15, 0.2) is 0 Å². The lowest BCUT2D eigenvalue weighted by atomic mass is 9.86. The number of rotatable bonds is 2. The molecule has 1 aliphatic carbocycles. The molecule has 1 aromatic carbocycles. The van der Waals surface area contributed by atoms with Crippen LogP contribution in [-0.2, 0) is 14.9 Å². The fraction of sp³-hybridized carbons (Fsp3) is 0.579. The first kappa shape index (κ1) is 17.9. The lowest BCUT2D eigenvalue weighted by molar-refractivity contribution is -0.137. The van der Waals surface area contributed by atoms with Crippen molar-refractivity contribution in [3.63, 3.8) is 0 Å². The number of alkyl halides is 2. The quantitative estimate of drug-likeness (QED) is 0.781. The number of hydrogen-bond donors (Lipinski definition) is 1. The second kappa shape index (κ2) is 6.61. The van der Waals surface area contributed by atoms with E-state index in [2.05, 4.69) is 17.4 Å². The minimum atomic E-state index is -0.841. The van der Waals surface area contributed by atoms with Crippen molar-refractivity contribution < 1.29 is 14.3 Å². The van der Waals surface area contributed by atoms with Crippen molar-refractivity contribution in [2.45, 2.75) is 29.0 Å². The van der Waals surface area contributed by atoms with Crippen LogP contribution >= 0.6 is 23.2 Å². The summed E-state index contributed by atoms with van der Waals surface area (Å²) in [7, 11) is 0. The summed E-state index contributed by atoms with van der Waals surface area (Å²) >= 11 is 13.4. The lowest BCUT2D eigenvalue weighted by Gasteiger charge is -2.34. The number of fused-ring (bicyclic) bond motifs is 1. The summed E-state index contributed by atoms with van der Waals surface area (Å²) < 4.78 is 4.12. The number of carbonyl (C=O) groups excluding carboxylic acids is 2. The number of halogens is 2. The maximum absolute atomic E-state index is 13.0. The van der Waals surface area contributed by atoms with Gasteiger partial charge in [-0.25, -0.2) is 4.79 Å². The number of alkyl carbamates (subject to hydrolysis) is 1. The molecule has 3 atom stereocenters. The van der Waals surface area contributed by atoms with Crippen LogP contribution in [0.25, 0.3) is 0 Å². The van der Waals surface area contributed by atoms with Gasteiger partial charge in [0.1, 0.15) is 4.33 Å². The zero-order chi connectivity index (χ0) is 18.4. The van der Waals surface area contributed by atoms with Gasteiger partial charge < -0.3 is 15.0 Å². The van der Waals surface area contributed by atoms with E-state index in [-0.39, 0.29) is 23.2 Å². The molecule has 0 aromatic heterocycles. The van der Waals surface area contributed by atoms with E-state index in [0.29, 0.717) is 39.1 Å². The normalized spacial score (nSPS) is 33.2. The van der Waals surface area contributed by atoms with Crippen LogP contribution in [0.2, 0.25) is 0 Å². The van der Waals surface area contributed by atoms with Crippen molar-refractivity contribution in [1.82, 2.24) is 10.2 Å². The number of nitrogens with zero attached hydrogens (tertiary/aromatic N) is 1. The molecule has 4 rings (SSSR count). The van der Waals surface area contributed by atoms with Gasteiger partial charge in [-0.3, -0.25) is 4.79 Å². The van der Waals surface area contributed by atoms with Gasteiger partial charge in [0.2, 0.25) is 5.91 Å². The van der Waals surface area contributed by atoms with E-state index in [9.17, 15) is 9.59 Å². The Hall–Kier alpha value is -1.46. The molecular formula is C19H22Cl2N2O3. The molecule has 2 saturated heterocycles. The molecule has 2 unspecified atom stereocenters. The van der Waals surface area contributed by atoms with Crippen LogP contribution in [0.1, 0.15) is 24.8 Å².